The molecule has 1 heterocycles. The van der Waals surface area contributed by atoms with Crippen LogP contribution in [0.3, 0.4) is 0 Å². The number of benzene rings is 7. The van der Waals surface area contributed by atoms with Crippen LogP contribution in [0, 0.1) is 0 Å². The SMILES string of the molecule is COCOc1cccc(C(=O)N[C@@H]2CN(C(=O)OCc3ccccc3)CCC[C@H]2OC(=O)c2ccc(OCc3ccccc3)cc2)c1C(=O)c1c(OCc2ccccc2)cc(C(=O)OC(C)(C)C)cc1OCc1ccccc1. The number of ether oxygens (including phenoxy) is 8. The van der Waals surface area contributed by atoms with Crippen LogP contribution in [0.5, 0.6) is 23.0 Å². The average Bonchev–Trinajstić information content (AvgIpc) is 3.67. The normalized spacial score (nSPS) is 14.2. The minimum absolute atomic E-state index is 0.00324. The molecule has 1 aliphatic heterocycles. The predicted molar refractivity (Wildman–Crippen MR) is 291 cm³/mol. The molecular weight excluding hydrogens is 993 g/mol. The monoisotopic (exact) mass is 1050 g/mol. The van der Waals surface area contributed by atoms with Gasteiger partial charge in [-0.2, -0.15) is 0 Å². The van der Waals surface area contributed by atoms with Crippen molar-refractivity contribution in [1.82, 2.24) is 10.2 Å². The van der Waals surface area contributed by atoms with Gasteiger partial charge in [0, 0.05) is 20.2 Å². The highest BCUT2D eigenvalue weighted by Gasteiger charge is 2.37. The summed E-state index contributed by atoms with van der Waals surface area (Å²) in [6, 6.07) is 50.3. The zero-order valence-electron chi connectivity index (χ0n) is 44.0. The van der Waals surface area contributed by atoms with Gasteiger partial charge in [-0.3, -0.25) is 9.59 Å². The molecule has 15 heteroatoms. The minimum Gasteiger partial charge on any atom is -0.489 e. The predicted octanol–water partition coefficient (Wildman–Crippen LogP) is 11.3. The molecule has 1 aliphatic rings. The largest absolute Gasteiger partial charge is 0.489 e. The zero-order chi connectivity index (χ0) is 54.9. The molecule has 0 aliphatic carbocycles. The number of esters is 2. The van der Waals surface area contributed by atoms with E-state index in [0.29, 0.717) is 18.8 Å². The molecule has 1 N–H and O–H groups in total. The van der Waals surface area contributed by atoms with Crippen molar-refractivity contribution in [3.63, 3.8) is 0 Å². The highest BCUT2D eigenvalue weighted by atomic mass is 16.7. The number of nitrogens with zero attached hydrogens (tertiary/aromatic N) is 1. The molecule has 1 fully saturated rings. The fourth-order valence-electron chi connectivity index (χ4n) is 8.56. The van der Waals surface area contributed by atoms with Gasteiger partial charge in [0.2, 0.25) is 5.78 Å². The van der Waals surface area contributed by atoms with Gasteiger partial charge in [0.25, 0.3) is 5.91 Å². The van der Waals surface area contributed by atoms with Crippen molar-refractivity contribution in [2.45, 2.75) is 77.8 Å². The van der Waals surface area contributed by atoms with E-state index >= 15 is 9.59 Å². The van der Waals surface area contributed by atoms with Gasteiger partial charge in [-0.1, -0.05) is 127 Å². The molecule has 15 nitrogen and oxygen atoms in total. The lowest BCUT2D eigenvalue weighted by Gasteiger charge is -2.29. The smallest absolute Gasteiger partial charge is 0.410 e. The summed E-state index contributed by atoms with van der Waals surface area (Å²) < 4.78 is 48.0. The van der Waals surface area contributed by atoms with Gasteiger partial charge in [-0.25, -0.2) is 14.4 Å². The van der Waals surface area contributed by atoms with Crippen molar-refractivity contribution >= 4 is 29.7 Å². The maximum Gasteiger partial charge on any atom is 0.410 e. The van der Waals surface area contributed by atoms with Crippen LogP contribution in [-0.4, -0.2) is 79.4 Å². The number of hydrogen-bond donors (Lipinski definition) is 1. The van der Waals surface area contributed by atoms with Gasteiger partial charge in [0.1, 0.15) is 66.7 Å². The quantitative estimate of drug-likeness (QED) is 0.0312. The number of likely N-dealkylation sites (tertiary alicyclic amines) is 1. The standard InChI is InChI=1S/C63H62N2O13/c1-63(2,3)78-61(69)48-35-54(73-39-44-21-11-6-12-22-44)57(55(36-48)74-40-45-23-13-7-14-24-45)58(66)56-50(27-17-28-53(56)76-42-71-4)59(67)64-51-37-65(62(70)75-41-46-25-15-8-16-26-46)34-18-29-52(51)77-60(68)47-30-32-49(33-31-47)72-38-43-19-9-5-10-20-43/h5-17,19-28,30-33,35-36,51-52H,18,29,34,37-42H2,1-4H3,(H,64,67)/t51-,52-/m1/s1. The van der Waals surface area contributed by atoms with Crippen molar-refractivity contribution in [2.24, 2.45) is 0 Å². The molecule has 1 saturated heterocycles. The van der Waals surface area contributed by atoms with Crippen LogP contribution in [0.4, 0.5) is 4.79 Å². The second kappa shape index (κ2) is 26.7. The maximum absolute atomic E-state index is 15.8. The third-order valence-corrected chi connectivity index (χ3v) is 12.4. The van der Waals surface area contributed by atoms with E-state index in [4.69, 9.17) is 37.9 Å². The molecule has 2 atom stereocenters. The van der Waals surface area contributed by atoms with E-state index in [1.54, 1.807) is 51.1 Å². The van der Waals surface area contributed by atoms with Crippen molar-refractivity contribution in [3.8, 4) is 23.0 Å². The molecule has 7 aromatic carbocycles. The summed E-state index contributed by atoms with van der Waals surface area (Å²) in [5.41, 5.74) is 2.21. The van der Waals surface area contributed by atoms with Gasteiger partial charge < -0.3 is 48.1 Å². The molecule has 0 saturated carbocycles. The number of amides is 2. The summed E-state index contributed by atoms with van der Waals surface area (Å²) in [4.78, 5) is 74.1. The lowest BCUT2D eigenvalue weighted by atomic mass is 9.94. The molecule has 2 amide bonds. The Labute approximate surface area is 453 Å². The Morgan fingerprint density at radius 3 is 1.64 bits per heavy atom. The third-order valence-electron chi connectivity index (χ3n) is 12.4. The maximum atomic E-state index is 15.8. The minimum atomic E-state index is -1.03. The second-order valence-corrected chi connectivity index (χ2v) is 19.4. The molecule has 0 unspecified atom stereocenters. The first-order valence-electron chi connectivity index (χ1n) is 25.6. The molecule has 0 radical (unpaired) electrons. The molecule has 0 bridgehead atoms. The van der Waals surface area contributed by atoms with E-state index in [9.17, 15) is 14.4 Å². The van der Waals surface area contributed by atoms with Gasteiger partial charge in [0.05, 0.1) is 28.3 Å². The molecule has 8 rings (SSSR count). The summed E-state index contributed by atoms with van der Waals surface area (Å²) in [6.45, 7) is 5.30. The molecule has 0 aromatic heterocycles. The first kappa shape index (κ1) is 55.3. The Balaban J connectivity index is 1.15. The van der Waals surface area contributed by atoms with Crippen LogP contribution < -0.4 is 24.3 Å². The number of rotatable bonds is 21. The third kappa shape index (κ3) is 15.3. The number of ketones is 1. The average molecular weight is 1060 g/mol. The Bertz CT molecular complexity index is 3070. The highest BCUT2D eigenvalue weighted by Crippen LogP contribution is 2.38. The van der Waals surface area contributed by atoms with Crippen LogP contribution >= 0.6 is 0 Å². The molecule has 0 spiro atoms. The summed E-state index contributed by atoms with van der Waals surface area (Å²) >= 11 is 0. The summed E-state index contributed by atoms with van der Waals surface area (Å²) in [6.07, 6.45) is -0.972. The van der Waals surface area contributed by atoms with Crippen LogP contribution in [0.15, 0.2) is 176 Å². The van der Waals surface area contributed by atoms with Crippen molar-refractivity contribution in [1.29, 1.82) is 0 Å². The molecule has 402 valence electrons. The van der Waals surface area contributed by atoms with Crippen molar-refractivity contribution in [2.75, 3.05) is 27.0 Å². The number of hydrogen-bond acceptors (Lipinski definition) is 13. The van der Waals surface area contributed by atoms with Gasteiger partial charge >= 0.3 is 18.0 Å². The molecule has 7 aromatic rings. The van der Waals surface area contributed by atoms with Crippen LogP contribution in [0.1, 0.15) is 103 Å². The van der Waals surface area contributed by atoms with E-state index < -0.39 is 47.5 Å². The fourth-order valence-corrected chi connectivity index (χ4v) is 8.56. The van der Waals surface area contributed by atoms with Crippen LogP contribution in [-0.2, 0) is 45.4 Å². The number of methoxy groups -OCH3 is 1. The topological polar surface area (TPSA) is 174 Å². The van der Waals surface area contributed by atoms with E-state index in [0.717, 1.165) is 22.3 Å². The lowest BCUT2D eigenvalue weighted by Crippen LogP contribution is -2.51. The summed E-state index contributed by atoms with van der Waals surface area (Å²) in [5, 5.41) is 3.03. The zero-order valence-corrected chi connectivity index (χ0v) is 44.0. The van der Waals surface area contributed by atoms with E-state index in [-0.39, 0.29) is 91.2 Å². The Kier molecular flexibility index (Phi) is 18.9. The number of carbonyl (C=O) groups excluding carboxylic acids is 5. The molecule has 78 heavy (non-hydrogen) atoms. The molecular formula is C63H62N2O13. The van der Waals surface area contributed by atoms with E-state index in [1.807, 2.05) is 121 Å². The number of carbonyl (C=O) groups is 5. The Morgan fingerprint density at radius 2 is 1.10 bits per heavy atom. The fraction of sp³-hybridized carbons (Fsp3) is 0.254. The number of nitrogens with one attached hydrogen (secondary N) is 1. The van der Waals surface area contributed by atoms with Crippen LogP contribution in [0.2, 0.25) is 0 Å². The Morgan fingerprint density at radius 1 is 0.564 bits per heavy atom. The first-order chi connectivity index (χ1) is 37.8. The van der Waals surface area contributed by atoms with Crippen molar-refractivity contribution in [3.05, 3.63) is 226 Å². The highest BCUT2D eigenvalue weighted by molar-refractivity contribution is 6.19. The lowest BCUT2D eigenvalue weighted by molar-refractivity contribution is 0.00672. The van der Waals surface area contributed by atoms with Gasteiger partial charge in [-0.05, 0) is 104 Å². The summed E-state index contributed by atoms with van der Waals surface area (Å²) in [7, 11) is 1.41. The Hall–Kier alpha value is -8.95. The van der Waals surface area contributed by atoms with Gasteiger partial charge in [0.15, 0.2) is 6.79 Å². The van der Waals surface area contributed by atoms with Gasteiger partial charge in [-0.15, -0.1) is 0 Å². The van der Waals surface area contributed by atoms with Crippen molar-refractivity contribution < 1.29 is 61.9 Å². The second-order valence-electron chi connectivity index (χ2n) is 19.4. The first-order valence-corrected chi connectivity index (χ1v) is 25.6. The van der Waals surface area contributed by atoms with E-state index in [1.165, 1.54) is 36.3 Å². The van der Waals surface area contributed by atoms with E-state index in [2.05, 4.69) is 5.32 Å². The summed E-state index contributed by atoms with van der Waals surface area (Å²) in [5.74, 6) is -2.46. The van der Waals surface area contributed by atoms with Crippen LogP contribution in [0.25, 0.3) is 0 Å².